The highest BCUT2D eigenvalue weighted by molar-refractivity contribution is 7.17. The molecule has 0 spiro atoms. The lowest BCUT2D eigenvalue weighted by Gasteiger charge is -2.10. The third-order valence-corrected chi connectivity index (χ3v) is 5.54. The molecular weight excluding hydrogens is 435 g/mol. The lowest BCUT2D eigenvalue weighted by atomic mass is 10.1. The molecule has 8 nitrogen and oxygen atoms in total. The van der Waals surface area contributed by atoms with Crippen molar-refractivity contribution in [3.63, 3.8) is 0 Å². The smallest absolute Gasteiger partial charge is 0.325 e. The number of hydrogen-bond donors (Lipinski definition) is 3. The molecule has 0 saturated carbocycles. The summed E-state index contributed by atoms with van der Waals surface area (Å²) in [7, 11) is 3.15. The molecule has 10 heteroatoms. The fourth-order valence-electron chi connectivity index (χ4n) is 2.89. The topological polar surface area (TPSA) is 102 Å². The summed E-state index contributed by atoms with van der Waals surface area (Å²) < 4.78 is 23.5. The first-order valence-corrected chi connectivity index (χ1v) is 10.5. The van der Waals surface area contributed by atoms with Crippen LogP contribution in [0.5, 0.6) is 11.5 Å². The van der Waals surface area contributed by atoms with Gasteiger partial charge in [0.2, 0.25) is 0 Å². The molecule has 3 N–H and O–H groups in total. The van der Waals surface area contributed by atoms with E-state index in [1.165, 1.54) is 24.3 Å². The summed E-state index contributed by atoms with van der Waals surface area (Å²) in [6, 6.07) is 10.4. The normalized spacial score (nSPS) is 10.4. The Bertz CT molecular complexity index is 1100. The van der Waals surface area contributed by atoms with Crippen molar-refractivity contribution >= 4 is 34.1 Å². The monoisotopic (exact) mass is 458 g/mol. The molecule has 0 unspecified atom stereocenters. The van der Waals surface area contributed by atoms with Crippen molar-refractivity contribution in [1.29, 1.82) is 0 Å². The predicted octanol–water partition coefficient (Wildman–Crippen LogP) is 4.22. The van der Waals surface area contributed by atoms with Gasteiger partial charge in [-0.25, -0.2) is 14.2 Å². The number of anilines is 2. The van der Waals surface area contributed by atoms with Crippen LogP contribution in [0.2, 0.25) is 0 Å². The zero-order valence-electron chi connectivity index (χ0n) is 17.8. The van der Waals surface area contributed by atoms with Crippen molar-refractivity contribution in [3.8, 4) is 11.5 Å². The SMILES string of the molecule is COc1ccc(CCNC(=O)c2sc(NC(=O)Nc3ccc(F)cc3)nc2C)cc1OC. The number of nitrogens with zero attached hydrogens (tertiary/aromatic N) is 1. The Hall–Kier alpha value is -3.66. The largest absolute Gasteiger partial charge is 0.493 e. The fraction of sp³-hybridized carbons (Fsp3) is 0.227. The van der Waals surface area contributed by atoms with Gasteiger partial charge in [-0.1, -0.05) is 17.4 Å². The van der Waals surface area contributed by atoms with Gasteiger partial charge in [0.05, 0.1) is 19.9 Å². The van der Waals surface area contributed by atoms with Crippen LogP contribution in [0.1, 0.15) is 20.9 Å². The van der Waals surface area contributed by atoms with Crippen LogP contribution < -0.4 is 25.4 Å². The second-order valence-corrected chi connectivity index (χ2v) is 7.71. The molecule has 0 bridgehead atoms. The molecule has 0 atom stereocenters. The van der Waals surface area contributed by atoms with Crippen LogP contribution in [-0.4, -0.2) is 37.7 Å². The molecule has 0 aliphatic heterocycles. The molecule has 2 aromatic carbocycles. The minimum atomic E-state index is -0.536. The van der Waals surface area contributed by atoms with Crippen molar-refractivity contribution in [2.75, 3.05) is 31.4 Å². The molecule has 0 aliphatic rings. The average Bonchev–Trinajstić information content (AvgIpc) is 3.14. The van der Waals surface area contributed by atoms with Crippen LogP contribution in [0, 0.1) is 12.7 Å². The quantitative estimate of drug-likeness (QED) is 0.469. The number of halogens is 1. The second-order valence-electron chi connectivity index (χ2n) is 6.71. The molecule has 0 aliphatic carbocycles. The molecule has 0 saturated heterocycles. The minimum absolute atomic E-state index is 0.271. The van der Waals surface area contributed by atoms with Gasteiger partial charge in [-0.05, 0) is 55.3 Å². The van der Waals surface area contributed by atoms with Crippen LogP contribution in [0.3, 0.4) is 0 Å². The average molecular weight is 459 g/mol. The van der Waals surface area contributed by atoms with E-state index in [0.29, 0.717) is 40.7 Å². The lowest BCUT2D eigenvalue weighted by Crippen LogP contribution is -2.25. The molecule has 0 radical (unpaired) electrons. The highest BCUT2D eigenvalue weighted by Crippen LogP contribution is 2.27. The highest BCUT2D eigenvalue weighted by Gasteiger charge is 2.16. The van der Waals surface area contributed by atoms with Crippen molar-refractivity contribution < 1.29 is 23.5 Å². The summed E-state index contributed by atoms with van der Waals surface area (Å²) in [6.07, 6.45) is 0.606. The first-order chi connectivity index (χ1) is 15.4. The minimum Gasteiger partial charge on any atom is -0.493 e. The Morgan fingerprint density at radius 3 is 2.44 bits per heavy atom. The summed E-state index contributed by atoms with van der Waals surface area (Å²) in [5, 5.41) is 8.31. The molecule has 32 heavy (non-hydrogen) atoms. The van der Waals surface area contributed by atoms with E-state index in [9.17, 15) is 14.0 Å². The number of nitrogens with one attached hydrogen (secondary N) is 3. The summed E-state index contributed by atoms with van der Waals surface area (Å²) in [5.41, 5.74) is 1.94. The Morgan fingerprint density at radius 1 is 1.03 bits per heavy atom. The van der Waals surface area contributed by atoms with E-state index >= 15 is 0 Å². The zero-order chi connectivity index (χ0) is 23.1. The van der Waals surface area contributed by atoms with Gasteiger partial charge in [0, 0.05) is 12.2 Å². The number of aromatic nitrogens is 1. The van der Waals surface area contributed by atoms with Gasteiger partial charge in [-0.2, -0.15) is 0 Å². The molecule has 168 valence electrons. The first-order valence-electron chi connectivity index (χ1n) is 9.69. The van der Waals surface area contributed by atoms with Gasteiger partial charge < -0.3 is 20.1 Å². The maximum absolute atomic E-state index is 13.0. The molecule has 3 amide bonds. The third kappa shape index (κ3) is 5.94. The lowest BCUT2D eigenvalue weighted by molar-refractivity contribution is 0.0957. The maximum atomic E-state index is 13.0. The van der Waals surface area contributed by atoms with E-state index in [2.05, 4.69) is 20.9 Å². The number of methoxy groups -OCH3 is 2. The van der Waals surface area contributed by atoms with Crippen molar-refractivity contribution in [3.05, 3.63) is 64.4 Å². The molecular formula is C22H23FN4O4S. The van der Waals surface area contributed by atoms with E-state index in [1.807, 2.05) is 18.2 Å². The first kappa shape index (κ1) is 23.0. The summed E-state index contributed by atoms with van der Waals surface area (Å²) >= 11 is 1.07. The summed E-state index contributed by atoms with van der Waals surface area (Å²) in [5.74, 6) is 0.606. The summed E-state index contributed by atoms with van der Waals surface area (Å²) in [6.45, 7) is 2.11. The highest BCUT2D eigenvalue weighted by atomic mass is 32.1. The van der Waals surface area contributed by atoms with Gasteiger partial charge in [0.15, 0.2) is 16.6 Å². The number of thiazole rings is 1. The molecule has 3 rings (SSSR count). The van der Waals surface area contributed by atoms with Gasteiger partial charge in [0.1, 0.15) is 10.7 Å². The number of hydrogen-bond acceptors (Lipinski definition) is 6. The predicted molar refractivity (Wildman–Crippen MR) is 121 cm³/mol. The number of amides is 3. The summed E-state index contributed by atoms with van der Waals surface area (Å²) in [4.78, 5) is 29.3. The Morgan fingerprint density at radius 2 is 1.75 bits per heavy atom. The van der Waals surface area contributed by atoms with Crippen LogP contribution in [0.25, 0.3) is 0 Å². The van der Waals surface area contributed by atoms with Gasteiger partial charge in [0.25, 0.3) is 5.91 Å². The van der Waals surface area contributed by atoms with E-state index < -0.39 is 11.8 Å². The van der Waals surface area contributed by atoms with E-state index in [4.69, 9.17) is 9.47 Å². The Labute approximate surface area is 188 Å². The molecule has 1 heterocycles. The van der Waals surface area contributed by atoms with Crippen LogP contribution in [-0.2, 0) is 6.42 Å². The maximum Gasteiger partial charge on any atom is 0.325 e. The Balaban J connectivity index is 1.54. The van der Waals surface area contributed by atoms with Gasteiger partial charge in [-0.15, -0.1) is 0 Å². The van der Waals surface area contributed by atoms with Gasteiger partial charge >= 0.3 is 6.03 Å². The van der Waals surface area contributed by atoms with Crippen LogP contribution in [0.4, 0.5) is 20.0 Å². The standard InChI is InChI=1S/C22H23FN4O4S/c1-13-19(20(28)24-11-10-14-4-9-17(30-2)18(12-14)31-3)32-22(25-13)27-21(29)26-16-7-5-15(23)6-8-16/h4-9,12H,10-11H2,1-3H3,(H,24,28)(H2,25,26,27,29). The van der Waals surface area contributed by atoms with E-state index in [1.54, 1.807) is 21.1 Å². The number of carbonyl (C=O) groups excluding carboxylic acids is 2. The second kappa shape index (κ2) is 10.6. The molecule has 3 aromatic rings. The van der Waals surface area contributed by atoms with Crippen molar-refractivity contribution in [1.82, 2.24) is 10.3 Å². The fourth-order valence-corrected chi connectivity index (χ4v) is 3.77. The van der Waals surface area contributed by atoms with Crippen LogP contribution >= 0.6 is 11.3 Å². The number of urea groups is 1. The van der Waals surface area contributed by atoms with E-state index in [-0.39, 0.29) is 11.0 Å². The van der Waals surface area contributed by atoms with Crippen molar-refractivity contribution in [2.24, 2.45) is 0 Å². The zero-order valence-corrected chi connectivity index (χ0v) is 18.6. The number of benzene rings is 2. The Kier molecular flexibility index (Phi) is 7.61. The number of ether oxygens (including phenoxy) is 2. The third-order valence-electron chi connectivity index (χ3n) is 4.47. The molecule has 0 fully saturated rings. The number of aryl methyl sites for hydroxylation is 1. The van der Waals surface area contributed by atoms with Crippen LogP contribution in [0.15, 0.2) is 42.5 Å². The van der Waals surface area contributed by atoms with E-state index in [0.717, 1.165) is 16.9 Å². The molecule has 1 aromatic heterocycles. The van der Waals surface area contributed by atoms with Crippen molar-refractivity contribution in [2.45, 2.75) is 13.3 Å². The number of carbonyl (C=O) groups is 2. The number of rotatable bonds is 8. The van der Waals surface area contributed by atoms with Gasteiger partial charge in [-0.3, -0.25) is 10.1 Å².